The molecule has 6 heteroatoms. The molecule has 0 unspecified atom stereocenters. The lowest BCUT2D eigenvalue weighted by Crippen LogP contribution is -2.37. The number of aliphatic imine (C=N–C) groups is 1. The molecule has 0 radical (unpaired) electrons. The van der Waals surface area contributed by atoms with Crippen LogP contribution in [0.2, 0.25) is 0 Å². The highest BCUT2D eigenvalue weighted by molar-refractivity contribution is 14.0. The Labute approximate surface area is 132 Å². The van der Waals surface area contributed by atoms with Crippen molar-refractivity contribution >= 4 is 29.9 Å². The van der Waals surface area contributed by atoms with Crippen molar-refractivity contribution in [3.8, 4) is 0 Å². The van der Waals surface area contributed by atoms with Crippen LogP contribution in [0, 0.1) is 0 Å². The molecule has 0 aliphatic carbocycles. The molecule has 0 saturated heterocycles. The molecular weight excluding hydrogens is 357 g/mol. The van der Waals surface area contributed by atoms with E-state index in [1.54, 1.807) is 6.26 Å². The van der Waals surface area contributed by atoms with Crippen molar-refractivity contribution in [2.24, 2.45) is 4.99 Å². The molecule has 1 heterocycles. The van der Waals surface area contributed by atoms with Crippen LogP contribution in [-0.2, 0) is 11.3 Å². The summed E-state index contributed by atoms with van der Waals surface area (Å²) in [7, 11) is 0. The predicted octanol–water partition coefficient (Wildman–Crippen LogP) is 2.38. The van der Waals surface area contributed by atoms with E-state index in [-0.39, 0.29) is 24.0 Å². The van der Waals surface area contributed by atoms with E-state index in [4.69, 9.17) is 9.15 Å². The van der Waals surface area contributed by atoms with E-state index < -0.39 is 0 Å². The molecule has 5 nitrogen and oxygen atoms in total. The molecule has 19 heavy (non-hydrogen) atoms. The standard InChI is InChI=1S/C13H23N3O2.HI/c1-3-14-13(15-4-2)16-8-6-9-17-11-12-7-5-10-18-12;/h5,7,10H,3-4,6,8-9,11H2,1-2H3,(H2,14,15,16);1H. The van der Waals surface area contributed by atoms with Crippen LogP contribution in [0.5, 0.6) is 0 Å². The summed E-state index contributed by atoms with van der Waals surface area (Å²) in [6.07, 6.45) is 2.56. The Morgan fingerprint density at radius 2 is 2.05 bits per heavy atom. The fourth-order valence-electron chi connectivity index (χ4n) is 1.43. The van der Waals surface area contributed by atoms with Crippen LogP contribution in [0.4, 0.5) is 0 Å². The predicted molar refractivity (Wildman–Crippen MR) is 88.1 cm³/mol. The number of furan rings is 1. The largest absolute Gasteiger partial charge is 0.467 e. The lowest BCUT2D eigenvalue weighted by atomic mass is 10.4. The first-order valence-corrected chi connectivity index (χ1v) is 6.49. The van der Waals surface area contributed by atoms with Crippen molar-refractivity contribution in [2.75, 3.05) is 26.2 Å². The number of guanidine groups is 1. The first kappa shape index (κ1) is 18.2. The summed E-state index contributed by atoms with van der Waals surface area (Å²) in [5.41, 5.74) is 0. The maximum absolute atomic E-state index is 5.48. The van der Waals surface area contributed by atoms with Crippen LogP contribution >= 0.6 is 24.0 Å². The normalized spacial score (nSPS) is 9.58. The minimum absolute atomic E-state index is 0. The highest BCUT2D eigenvalue weighted by Gasteiger charge is 1.96. The number of rotatable bonds is 8. The fraction of sp³-hybridized carbons (Fsp3) is 0.615. The molecule has 0 saturated carbocycles. The van der Waals surface area contributed by atoms with E-state index in [9.17, 15) is 0 Å². The number of hydrogen-bond donors (Lipinski definition) is 2. The van der Waals surface area contributed by atoms with E-state index in [0.29, 0.717) is 13.2 Å². The average Bonchev–Trinajstić information content (AvgIpc) is 2.87. The van der Waals surface area contributed by atoms with Crippen LogP contribution < -0.4 is 10.6 Å². The van der Waals surface area contributed by atoms with Gasteiger partial charge in [0.05, 0.1) is 6.26 Å². The minimum atomic E-state index is 0. The first-order valence-electron chi connectivity index (χ1n) is 6.49. The van der Waals surface area contributed by atoms with Gasteiger partial charge in [-0.25, -0.2) is 0 Å². The zero-order valence-corrected chi connectivity index (χ0v) is 14.0. The van der Waals surface area contributed by atoms with E-state index in [1.165, 1.54) is 0 Å². The summed E-state index contributed by atoms with van der Waals surface area (Å²) in [5, 5.41) is 6.36. The van der Waals surface area contributed by atoms with Crippen molar-refractivity contribution < 1.29 is 9.15 Å². The Morgan fingerprint density at radius 3 is 2.63 bits per heavy atom. The summed E-state index contributed by atoms with van der Waals surface area (Å²) >= 11 is 0. The summed E-state index contributed by atoms with van der Waals surface area (Å²) < 4.78 is 10.6. The summed E-state index contributed by atoms with van der Waals surface area (Å²) in [4.78, 5) is 4.43. The molecule has 0 amide bonds. The van der Waals surface area contributed by atoms with Gasteiger partial charge in [0.1, 0.15) is 12.4 Å². The molecule has 1 rings (SSSR count). The van der Waals surface area contributed by atoms with Gasteiger partial charge in [-0.3, -0.25) is 4.99 Å². The van der Waals surface area contributed by atoms with Gasteiger partial charge >= 0.3 is 0 Å². The van der Waals surface area contributed by atoms with Gasteiger partial charge in [0.2, 0.25) is 0 Å². The molecular formula is C13H24IN3O2. The van der Waals surface area contributed by atoms with Crippen LogP contribution in [0.25, 0.3) is 0 Å². The Hall–Kier alpha value is -0.760. The van der Waals surface area contributed by atoms with Gasteiger partial charge in [0, 0.05) is 26.2 Å². The monoisotopic (exact) mass is 381 g/mol. The number of halogens is 1. The Morgan fingerprint density at radius 1 is 1.32 bits per heavy atom. The molecule has 0 aromatic carbocycles. The van der Waals surface area contributed by atoms with Crippen molar-refractivity contribution in [3.63, 3.8) is 0 Å². The SMILES string of the molecule is CCNC(=NCCCOCc1ccco1)NCC.I. The van der Waals surface area contributed by atoms with E-state index in [0.717, 1.165) is 37.8 Å². The third-order valence-corrected chi connectivity index (χ3v) is 2.23. The first-order chi connectivity index (χ1) is 8.86. The molecule has 110 valence electrons. The molecule has 2 N–H and O–H groups in total. The zero-order valence-electron chi connectivity index (χ0n) is 11.6. The topological polar surface area (TPSA) is 58.8 Å². The van der Waals surface area contributed by atoms with E-state index >= 15 is 0 Å². The fourth-order valence-corrected chi connectivity index (χ4v) is 1.43. The highest BCUT2D eigenvalue weighted by Crippen LogP contribution is 2.01. The maximum Gasteiger partial charge on any atom is 0.191 e. The minimum Gasteiger partial charge on any atom is -0.467 e. The molecule has 0 fully saturated rings. The lowest BCUT2D eigenvalue weighted by molar-refractivity contribution is 0.105. The molecule has 0 spiro atoms. The van der Waals surface area contributed by atoms with E-state index in [2.05, 4.69) is 29.5 Å². The van der Waals surface area contributed by atoms with Crippen LogP contribution in [-0.4, -0.2) is 32.2 Å². The second-order valence-electron chi connectivity index (χ2n) is 3.78. The van der Waals surface area contributed by atoms with Crippen molar-refractivity contribution in [1.82, 2.24) is 10.6 Å². The summed E-state index contributed by atoms with van der Waals surface area (Å²) in [6, 6.07) is 3.77. The second-order valence-corrected chi connectivity index (χ2v) is 3.78. The zero-order chi connectivity index (χ0) is 13.1. The van der Waals surface area contributed by atoms with Crippen LogP contribution in [0.15, 0.2) is 27.8 Å². The number of ether oxygens (including phenoxy) is 1. The van der Waals surface area contributed by atoms with Gasteiger partial charge in [-0.15, -0.1) is 24.0 Å². The van der Waals surface area contributed by atoms with Crippen molar-refractivity contribution in [3.05, 3.63) is 24.2 Å². The van der Waals surface area contributed by atoms with Crippen LogP contribution in [0.3, 0.4) is 0 Å². The Kier molecular flexibility index (Phi) is 11.8. The molecule has 0 bridgehead atoms. The number of nitrogens with one attached hydrogen (secondary N) is 2. The molecule has 1 aromatic heterocycles. The quantitative estimate of drug-likeness (QED) is 0.314. The summed E-state index contributed by atoms with van der Waals surface area (Å²) in [6.45, 7) is 7.84. The van der Waals surface area contributed by atoms with Gasteiger partial charge in [-0.1, -0.05) is 0 Å². The van der Waals surface area contributed by atoms with Gasteiger partial charge in [-0.2, -0.15) is 0 Å². The second kappa shape index (κ2) is 12.3. The summed E-state index contributed by atoms with van der Waals surface area (Å²) in [5.74, 6) is 1.73. The van der Waals surface area contributed by atoms with Gasteiger partial charge < -0.3 is 19.8 Å². The lowest BCUT2D eigenvalue weighted by Gasteiger charge is -2.08. The molecule has 0 aliphatic heterocycles. The molecule has 1 aromatic rings. The van der Waals surface area contributed by atoms with Gasteiger partial charge in [0.25, 0.3) is 0 Å². The van der Waals surface area contributed by atoms with Gasteiger partial charge in [0.15, 0.2) is 5.96 Å². The number of hydrogen-bond acceptors (Lipinski definition) is 3. The third kappa shape index (κ3) is 8.88. The smallest absolute Gasteiger partial charge is 0.191 e. The van der Waals surface area contributed by atoms with E-state index in [1.807, 2.05) is 12.1 Å². The maximum atomic E-state index is 5.48. The highest BCUT2D eigenvalue weighted by atomic mass is 127. The Bertz CT molecular complexity index is 321. The number of nitrogens with zero attached hydrogens (tertiary/aromatic N) is 1. The molecule has 0 aliphatic rings. The van der Waals surface area contributed by atoms with Crippen LogP contribution in [0.1, 0.15) is 26.0 Å². The van der Waals surface area contributed by atoms with Crippen molar-refractivity contribution in [2.45, 2.75) is 26.9 Å². The van der Waals surface area contributed by atoms with Gasteiger partial charge in [-0.05, 0) is 32.4 Å². The average molecular weight is 381 g/mol. The Balaban J connectivity index is 0.00000324. The van der Waals surface area contributed by atoms with Crippen molar-refractivity contribution in [1.29, 1.82) is 0 Å². The third-order valence-electron chi connectivity index (χ3n) is 2.23. The molecule has 0 atom stereocenters.